The molecule has 0 bridgehead atoms. The smallest absolute Gasteiger partial charge is 0.416 e. The molecule has 2 atom stereocenters. The van der Waals surface area contributed by atoms with Crippen molar-refractivity contribution in [1.82, 2.24) is 10.2 Å². The predicted octanol–water partition coefficient (Wildman–Crippen LogP) is 7.04. The molecule has 1 aliphatic heterocycles. The first-order chi connectivity index (χ1) is 20.2. The van der Waals surface area contributed by atoms with Crippen LogP contribution in [0.5, 0.6) is 5.75 Å². The second-order valence-electron chi connectivity index (χ2n) is 10.2. The largest absolute Gasteiger partial charge is 0.494 e. The zero-order chi connectivity index (χ0) is 31.6. The Morgan fingerprint density at radius 3 is 2.30 bits per heavy atom. The number of carbonyl (C=O) groups excluding carboxylic acids is 2. The third kappa shape index (κ3) is 6.84. The van der Waals surface area contributed by atoms with Gasteiger partial charge in [-0.05, 0) is 60.0 Å². The fraction of sp³-hybridized carbons (Fsp3) is 0.290. The second kappa shape index (κ2) is 12.1. The van der Waals surface area contributed by atoms with Gasteiger partial charge in [0, 0.05) is 12.8 Å². The Morgan fingerprint density at radius 1 is 1.00 bits per heavy atom. The van der Waals surface area contributed by atoms with Crippen LogP contribution < -0.4 is 10.1 Å². The van der Waals surface area contributed by atoms with Crippen molar-refractivity contribution in [2.24, 2.45) is 0 Å². The highest BCUT2D eigenvalue weighted by Gasteiger charge is 2.51. The number of urea groups is 1. The minimum Gasteiger partial charge on any atom is -0.494 e. The summed E-state index contributed by atoms with van der Waals surface area (Å²) in [5, 5.41) is 2.56. The number of benzene rings is 3. The summed E-state index contributed by atoms with van der Waals surface area (Å²) in [4.78, 5) is 27.2. The van der Waals surface area contributed by atoms with Crippen molar-refractivity contribution in [2.75, 3.05) is 13.7 Å². The van der Waals surface area contributed by atoms with Gasteiger partial charge < -0.3 is 15.0 Å². The number of likely N-dealkylation sites (tertiary alicyclic amines) is 1. The van der Waals surface area contributed by atoms with Crippen LogP contribution in [0.2, 0.25) is 0 Å². The van der Waals surface area contributed by atoms with E-state index in [1.807, 2.05) is 0 Å². The average molecular weight is 609 g/mol. The topological polar surface area (TPSA) is 58.6 Å². The summed E-state index contributed by atoms with van der Waals surface area (Å²) in [6.45, 7) is 0.336. The number of amides is 2. The number of rotatable bonds is 8. The van der Waals surface area contributed by atoms with Gasteiger partial charge in [0.1, 0.15) is 11.9 Å². The van der Waals surface area contributed by atoms with E-state index in [0.717, 1.165) is 31.4 Å². The predicted molar refractivity (Wildman–Crippen MR) is 144 cm³/mol. The normalized spacial score (nSPS) is 18.0. The first kappa shape index (κ1) is 31.6. The molecule has 43 heavy (non-hydrogen) atoms. The molecule has 0 spiro atoms. The summed E-state index contributed by atoms with van der Waals surface area (Å²) in [5.41, 5.74) is -3.49. The molecule has 1 fully saturated rings. The molecule has 3 aromatic rings. The monoisotopic (exact) mass is 608 g/mol. The first-order valence-corrected chi connectivity index (χ1v) is 13.1. The molecule has 12 heteroatoms. The summed E-state index contributed by atoms with van der Waals surface area (Å²) in [5.74, 6) is -6.69. The molecule has 1 N–H and O–H groups in total. The fourth-order valence-electron chi connectivity index (χ4n) is 5.20. The Morgan fingerprint density at radius 2 is 1.67 bits per heavy atom. The SMILES string of the molecule is CC=CC(=O)[C@@H]1CC(F)(F)CN1C(=O)N[C@@](Cc1ccccc1)(c1cc(F)cc(C(F)(F)F)c1)c1ccc(F)c(OC)c1. The summed E-state index contributed by atoms with van der Waals surface area (Å²) < 4.78 is 105. The number of nitrogens with zero attached hydrogens (tertiary/aromatic N) is 1. The standard InChI is InChI=1S/C31H27F7N2O3/c1-3-7-26(41)25-17-29(34,35)18-40(25)28(42)39-30(16-19-8-5-4-6-9-19,20-10-11-24(33)27(15-20)43-2)21-12-22(31(36,37)38)14-23(32)13-21/h3-15,25H,16-18H2,1-2H3,(H,39,42)/t25-,30+/m0/s1. The van der Waals surface area contributed by atoms with E-state index in [0.29, 0.717) is 16.5 Å². The zero-order valence-corrected chi connectivity index (χ0v) is 23.0. The van der Waals surface area contributed by atoms with Crippen LogP contribution in [0, 0.1) is 11.6 Å². The summed E-state index contributed by atoms with van der Waals surface area (Å²) in [6, 6.07) is 10.2. The number of carbonyl (C=O) groups is 2. The number of alkyl halides is 5. The molecular weight excluding hydrogens is 581 g/mol. The van der Waals surface area contributed by atoms with Gasteiger partial charge in [0.25, 0.3) is 5.92 Å². The number of halogens is 7. The van der Waals surface area contributed by atoms with E-state index in [1.165, 1.54) is 19.1 Å². The first-order valence-electron chi connectivity index (χ1n) is 13.1. The highest BCUT2D eigenvalue weighted by atomic mass is 19.4. The molecule has 5 nitrogen and oxygen atoms in total. The van der Waals surface area contributed by atoms with Crippen molar-refractivity contribution < 1.29 is 45.1 Å². The van der Waals surface area contributed by atoms with Crippen LogP contribution in [0.15, 0.2) is 78.9 Å². The molecule has 0 aromatic heterocycles. The van der Waals surface area contributed by atoms with Crippen molar-refractivity contribution in [3.05, 3.63) is 113 Å². The number of nitrogens with one attached hydrogen (secondary N) is 1. The lowest BCUT2D eigenvalue weighted by molar-refractivity contribution is -0.137. The molecule has 4 rings (SSSR count). The summed E-state index contributed by atoms with van der Waals surface area (Å²) in [6.07, 6.45) is -3.94. The quantitative estimate of drug-likeness (QED) is 0.221. The van der Waals surface area contributed by atoms with Crippen molar-refractivity contribution in [3.8, 4) is 5.75 Å². The van der Waals surface area contributed by atoms with E-state index in [-0.39, 0.29) is 23.8 Å². The number of allylic oxidation sites excluding steroid dienone is 1. The van der Waals surface area contributed by atoms with E-state index >= 15 is 0 Å². The van der Waals surface area contributed by atoms with Gasteiger partial charge in [-0.1, -0.05) is 42.5 Å². The Kier molecular flexibility index (Phi) is 8.89. The third-order valence-electron chi connectivity index (χ3n) is 7.18. The van der Waals surface area contributed by atoms with Gasteiger partial charge >= 0.3 is 12.2 Å². The lowest BCUT2D eigenvalue weighted by atomic mass is 9.77. The number of hydrogen-bond acceptors (Lipinski definition) is 3. The molecule has 1 saturated heterocycles. The maximum absolute atomic E-state index is 14.9. The van der Waals surface area contributed by atoms with Gasteiger partial charge in [-0.2, -0.15) is 13.2 Å². The van der Waals surface area contributed by atoms with E-state index in [1.54, 1.807) is 30.3 Å². The van der Waals surface area contributed by atoms with Crippen molar-refractivity contribution in [1.29, 1.82) is 0 Å². The highest BCUT2D eigenvalue weighted by molar-refractivity contribution is 5.97. The van der Waals surface area contributed by atoms with E-state index in [2.05, 4.69) is 5.32 Å². The van der Waals surface area contributed by atoms with Gasteiger partial charge in [-0.3, -0.25) is 4.79 Å². The molecule has 228 valence electrons. The Labute approximate surface area is 242 Å². The van der Waals surface area contributed by atoms with Crippen molar-refractivity contribution in [3.63, 3.8) is 0 Å². The molecular formula is C31H27F7N2O3. The maximum atomic E-state index is 14.9. The van der Waals surface area contributed by atoms with Gasteiger partial charge in [0.2, 0.25) is 0 Å². The zero-order valence-electron chi connectivity index (χ0n) is 23.0. The molecule has 2 amide bonds. The Bertz CT molecular complexity index is 1530. The third-order valence-corrected chi connectivity index (χ3v) is 7.18. The molecule has 0 radical (unpaired) electrons. The van der Waals surface area contributed by atoms with Crippen molar-refractivity contribution >= 4 is 11.8 Å². The van der Waals surface area contributed by atoms with Crippen LogP contribution in [0.1, 0.15) is 35.6 Å². The van der Waals surface area contributed by atoms with Gasteiger partial charge in [-0.25, -0.2) is 22.4 Å². The van der Waals surface area contributed by atoms with Gasteiger partial charge in [0.05, 0.1) is 24.8 Å². The molecule has 0 saturated carbocycles. The van der Waals surface area contributed by atoms with Gasteiger partial charge in [0.15, 0.2) is 17.3 Å². The van der Waals surface area contributed by atoms with Crippen LogP contribution in [0.25, 0.3) is 0 Å². The summed E-state index contributed by atoms with van der Waals surface area (Å²) >= 11 is 0. The van der Waals surface area contributed by atoms with Crippen LogP contribution in [-0.2, 0) is 22.9 Å². The van der Waals surface area contributed by atoms with Crippen LogP contribution >= 0.6 is 0 Å². The molecule has 0 aliphatic carbocycles. The van der Waals surface area contributed by atoms with Crippen LogP contribution in [-0.4, -0.2) is 42.3 Å². The fourth-order valence-corrected chi connectivity index (χ4v) is 5.20. The number of methoxy groups -OCH3 is 1. The molecule has 1 heterocycles. The van der Waals surface area contributed by atoms with Gasteiger partial charge in [-0.15, -0.1) is 0 Å². The molecule has 3 aromatic carbocycles. The number of ether oxygens (including phenoxy) is 1. The van der Waals surface area contributed by atoms with E-state index < -0.39 is 71.2 Å². The lowest BCUT2D eigenvalue weighted by Crippen LogP contribution is -2.55. The van der Waals surface area contributed by atoms with E-state index in [4.69, 9.17) is 4.74 Å². The van der Waals surface area contributed by atoms with Crippen LogP contribution in [0.3, 0.4) is 0 Å². The Hall–Kier alpha value is -4.35. The highest BCUT2D eigenvalue weighted by Crippen LogP contribution is 2.41. The molecule has 1 aliphatic rings. The summed E-state index contributed by atoms with van der Waals surface area (Å²) in [7, 11) is 1.15. The number of hydrogen-bond donors (Lipinski definition) is 1. The van der Waals surface area contributed by atoms with Crippen LogP contribution in [0.4, 0.5) is 35.5 Å². The molecule has 0 unspecified atom stereocenters. The second-order valence-corrected chi connectivity index (χ2v) is 10.2. The lowest BCUT2D eigenvalue weighted by Gasteiger charge is -2.39. The van der Waals surface area contributed by atoms with Crippen molar-refractivity contribution in [2.45, 2.75) is 43.4 Å². The van der Waals surface area contributed by atoms with E-state index in [9.17, 15) is 40.3 Å². The average Bonchev–Trinajstić information content (AvgIpc) is 3.28. The number of ketones is 1. The Balaban J connectivity index is 1.98. The minimum atomic E-state index is -5.00. The minimum absolute atomic E-state index is 0.0380. The maximum Gasteiger partial charge on any atom is 0.416 e.